The summed E-state index contributed by atoms with van der Waals surface area (Å²) in [5.41, 5.74) is 6.39. The molecule has 1 atom stereocenters. The van der Waals surface area contributed by atoms with Crippen LogP contribution in [0.4, 0.5) is 20.2 Å². The number of carbonyl (C=O) groups is 5. The number of nitrogens with two attached hydrogens (primary N) is 1. The number of alkyl carbamates (subject to hydrolysis) is 1. The predicted molar refractivity (Wildman–Crippen MR) is 336 cm³/mol. The van der Waals surface area contributed by atoms with Crippen molar-refractivity contribution in [2.24, 2.45) is 29.6 Å². The van der Waals surface area contributed by atoms with Crippen molar-refractivity contribution in [1.82, 2.24) is 45.3 Å². The SMILES string of the molecule is CC(C)(C)OC(=O)NC1CCC(C(=O)O)CC1.CCC[C@H](C)Oc1nc(N)c2ncc(CC3CCC(NC)CC3)n2n1.CN(C(=O)OC(C)(C)C)C1CCC(C=O)CC1.CN(C(=O)OC(C)(C)C)C1CCC(CO)CC1.CNC1CCC(CO)CC1. The van der Waals surface area contributed by atoms with Crippen molar-refractivity contribution >= 4 is 42.0 Å². The molecule has 22 heteroatoms. The van der Waals surface area contributed by atoms with Crippen molar-refractivity contribution < 1.29 is 58.2 Å². The van der Waals surface area contributed by atoms with Crippen LogP contribution in [0.25, 0.3) is 5.65 Å². The van der Waals surface area contributed by atoms with Crippen molar-refractivity contribution in [3.8, 4) is 6.01 Å². The molecule has 5 aliphatic carbocycles. The summed E-state index contributed by atoms with van der Waals surface area (Å²) >= 11 is 0. The lowest BCUT2D eigenvalue weighted by molar-refractivity contribution is -0.142. The molecule has 494 valence electrons. The first-order valence-electron chi connectivity index (χ1n) is 32.2. The standard InChI is InChI=1S/C18H30N6O.C13H25NO3.C13H23NO3.C12H21NO4.C8H17NO/c1-4-5-12(2)25-18-22-16(19)17-21-11-15(24(17)23-18)10-13-6-8-14(20-3)9-7-13;2*1-13(2,3)17-12(16)14(4)11-7-5-10(9-15)6-8-11;1-12(2,3)17-11(16)13-9-6-4-8(5-7-9)10(14)15;1-9-8-4-2-7(6-10)3-5-8/h11-14,20H,4-10H2,1-3H3,(H2,19,22,23);10-11,15H,5-9H2,1-4H3;9-11H,5-8H2,1-4H3;8-9H,4-7H2,1-3H3,(H,13,16)(H,14,15);7-10H,2-6H2,1H3/t12-,13?,14?;;;;/m0..../s1. The topological polar surface area (TPSA) is 295 Å². The summed E-state index contributed by atoms with van der Waals surface area (Å²) in [4.78, 5) is 68.7. The van der Waals surface area contributed by atoms with Crippen LogP contribution < -0.4 is 26.4 Å². The van der Waals surface area contributed by atoms with E-state index in [1.807, 2.05) is 87.0 Å². The molecule has 5 saturated carbocycles. The van der Waals surface area contributed by atoms with Gasteiger partial charge in [0.15, 0.2) is 11.5 Å². The molecular formula is C64H116N10O12. The maximum atomic E-state index is 11.9. The second kappa shape index (κ2) is 37.1. The van der Waals surface area contributed by atoms with Crippen molar-refractivity contribution in [2.75, 3.05) is 47.1 Å². The van der Waals surface area contributed by atoms with Gasteiger partial charge in [0.05, 0.1) is 23.9 Å². The number of carbonyl (C=O) groups excluding carboxylic acids is 4. The van der Waals surface area contributed by atoms with Crippen molar-refractivity contribution in [3.63, 3.8) is 0 Å². The van der Waals surface area contributed by atoms with E-state index in [2.05, 4.69) is 45.0 Å². The maximum Gasteiger partial charge on any atom is 0.410 e. The van der Waals surface area contributed by atoms with Gasteiger partial charge in [-0.1, -0.05) is 13.3 Å². The van der Waals surface area contributed by atoms with Gasteiger partial charge < -0.3 is 70.5 Å². The van der Waals surface area contributed by atoms with Gasteiger partial charge in [-0.05, 0) is 242 Å². The third-order valence-electron chi connectivity index (χ3n) is 17.0. The smallest absolute Gasteiger partial charge is 0.410 e. The van der Waals surface area contributed by atoms with E-state index in [9.17, 15) is 24.0 Å². The molecule has 8 N–H and O–H groups in total. The fraction of sp³-hybridized carbons (Fsp3) is 0.844. The van der Waals surface area contributed by atoms with Crippen LogP contribution in [0.2, 0.25) is 0 Å². The zero-order valence-electron chi connectivity index (χ0n) is 55.5. The van der Waals surface area contributed by atoms with Crippen LogP contribution in [-0.2, 0) is 30.2 Å². The Bertz CT molecular complexity index is 2270. The lowest BCUT2D eigenvalue weighted by Crippen LogP contribution is -2.42. The van der Waals surface area contributed by atoms with Gasteiger partial charge in [-0.15, -0.1) is 5.10 Å². The Hall–Kier alpha value is -5.06. The Labute approximate surface area is 515 Å². The molecule has 5 aliphatic rings. The molecule has 2 aromatic rings. The van der Waals surface area contributed by atoms with Crippen molar-refractivity contribution in [1.29, 1.82) is 0 Å². The maximum absolute atomic E-state index is 11.9. The number of aliphatic hydroxyl groups is 2. The highest BCUT2D eigenvalue weighted by molar-refractivity contribution is 5.71. The number of carboxylic acid groups (broad SMARTS) is 1. The van der Waals surface area contributed by atoms with Crippen LogP contribution in [0.3, 0.4) is 0 Å². The van der Waals surface area contributed by atoms with E-state index in [1.165, 1.54) is 51.4 Å². The Morgan fingerprint density at radius 2 is 1.10 bits per heavy atom. The fourth-order valence-corrected chi connectivity index (χ4v) is 11.6. The molecule has 0 unspecified atom stereocenters. The number of aliphatic hydroxyl groups excluding tert-OH is 2. The van der Waals surface area contributed by atoms with E-state index in [0.717, 1.165) is 82.6 Å². The molecule has 0 aromatic carbocycles. The van der Waals surface area contributed by atoms with Gasteiger partial charge in [0, 0.05) is 63.4 Å². The molecule has 0 saturated heterocycles. The molecule has 5 fully saturated rings. The van der Waals surface area contributed by atoms with E-state index in [4.69, 9.17) is 40.0 Å². The number of hydrogen-bond donors (Lipinski definition) is 7. The minimum atomic E-state index is -0.735. The molecule has 0 aliphatic heterocycles. The number of anilines is 1. The molecular weight excluding hydrogens is 1100 g/mol. The lowest BCUT2D eigenvalue weighted by atomic mass is 9.83. The summed E-state index contributed by atoms with van der Waals surface area (Å²) in [5, 5.41) is 40.7. The number of nitrogen functional groups attached to an aromatic ring is 1. The van der Waals surface area contributed by atoms with E-state index >= 15 is 0 Å². The Kier molecular flexibility index (Phi) is 32.4. The number of rotatable bonds is 15. The van der Waals surface area contributed by atoms with Crippen molar-refractivity contribution in [3.05, 3.63) is 11.9 Å². The fourth-order valence-electron chi connectivity index (χ4n) is 11.6. The largest absolute Gasteiger partial charge is 0.481 e. The van der Waals surface area contributed by atoms with Crippen LogP contribution in [-0.4, -0.2) is 170 Å². The van der Waals surface area contributed by atoms with Crippen molar-refractivity contribution in [2.45, 2.75) is 277 Å². The highest BCUT2D eigenvalue weighted by Crippen LogP contribution is 2.31. The van der Waals surface area contributed by atoms with E-state index in [-0.39, 0.29) is 54.9 Å². The van der Waals surface area contributed by atoms with Crippen LogP contribution in [0, 0.1) is 29.6 Å². The summed E-state index contributed by atoms with van der Waals surface area (Å²) < 4.78 is 23.5. The molecule has 0 radical (unpaired) electrons. The summed E-state index contributed by atoms with van der Waals surface area (Å²) in [6.07, 6.45) is 24.9. The monoisotopic (exact) mass is 1220 g/mol. The Morgan fingerprint density at radius 3 is 1.51 bits per heavy atom. The number of imidazole rings is 1. The zero-order chi connectivity index (χ0) is 64.4. The van der Waals surface area contributed by atoms with E-state index < -0.39 is 28.9 Å². The third kappa shape index (κ3) is 28.4. The minimum Gasteiger partial charge on any atom is -0.481 e. The molecule has 0 spiro atoms. The first-order valence-corrected chi connectivity index (χ1v) is 32.2. The molecule has 0 bridgehead atoms. The van der Waals surface area contributed by atoms with Gasteiger partial charge >= 0.3 is 30.3 Å². The molecule has 2 aromatic heterocycles. The number of hydrogen-bond acceptors (Lipinski definition) is 17. The van der Waals surface area contributed by atoms with Crippen LogP contribution in [0.1, 0.15) is 223 Å². The quantitative estimate of drug-likeness (QED) is 0.0644. The molecule has 7 rings (SSSR count). The number of carboxylic acids is 1. The molecule has 86 heavy (non-hydrogen) atoms. The number of amides is 3. The highest BCUT2D eigenvalue weighted by Gasteiger charge is 2.32. The number of aromatic nitrogens is 4. The van der Waals surface area contributed by atoms with E-state index in [1.54, 1.807) is 23.9 Å². The first-order chi connectivity index (χ1) is 40.4. The number of nitrogens with zero attached hydrogens (tertiary/aromatic N) is 6. The van der Waals surface area contributed by atoms with Gasteiger partial charge in [0.25, 0.3) is 0 Å². The Morgan fingerprint density at radius 1 is 0.674 bits per heavy atom. The normalized spacial score (nSPS) is 25.4. The van der Waals surface area contributed by atoms with Gasteiger partial charge in [-0.3, -0.25) is 4.79 Å². The molecule has 2 heterocycles. The highest BCUT2D eigenvalue weighted by atomic mass is 16.6. The second-order valence-corrected chi connectivity index (χ2v) is 27.7. The number of aliphatic carboxylic acids is 1. The average molecular weight is 1220 g/mol. The number of aldehydes is 1. The first kappa shape index (κ1) is 75.2. The van der Waals surface area contributed by atoms with Crippen LogP contribution in [0.5, 0.6) is 6.01 Å². The Balaban J connectivity index is 0.000000289. The summed E-state index contributed by atoms with van der Waals surface area (Å²) in [6, 6.07) is 2.22. The average Bonchev–Trinajstić information content (AvgIpc) is 3.93. The van der Waals surface area contributed by atoms with Gasteiger partial charge in [-0.2, -0.15) is 4.98 Å². The van der Waals surface area contributed by atoms with Crippen LogP contribution in [0.15, 0.2) is 6.20 Å². The number of fused-ring (bicyclic) bond motifs is 1. The van der Waals surface area contributed by atoms with Gasteiger partial charge in [-0.25, -0.2) is 23.9 Å². The third-order valence-corrected chi connectivity index (χ3v) is 17.0. The molecule has 22 nitrogen and oxygen atoms in total. The lowest BCUT2D eigenvalue weighted by Gasteiger charge is -2.35. The second-order valence-electron chi connectivity index (χ2n) is 27.7. The minimum absolute atomic E-state index is 0.0421. The van der Waals surface area contributed by atoms with E-state index in [0.29, 0.717) is 79.6 Å². The zero-order valence-corrected chi connectivity index (χ0v) is 55.5. The summed E-state index contributed by atoms with van der Waals surface area (Å²) in [7, 11) is 7.65. The summed E-state index contributed by atoms with van der Waals surface area (Å²) in [6.45, 7) is 21.5. The van der Waals surface area contributed by atoms with Crippen LogP contribution >= 0.6 is 0 Å². The number of nitrogens with one attached hydrogen (secondary N) is 3. The predicted octanol–water partition coefficient (Wildman–Crippen LogP) is 10.5. The van der Waals surface area contributed by atoms with Gasteiger partial charge in [0.1, 0.15) is 23.1 Å². The summed E-state index contributed by atoms with van der Waals surface area (Å²) in [5.74, 6) is 1.23. The van der Waals surface area contributed by atoms with Gasteiger partial charge in [0.2, 0.25) is 0 Å². The molecule has 3 amide bonds. The number of ether oxygens (including phenoxy) is 4.